The van der Waals surface area contributed by atoms with Crippen molar-refractivity contribution < 1.29 is 9.84 Å². The van der Waals surface area contributed by atoms with Crippen molar-refractivity contribution in [1.82, 2.24) is 25.1 Å². The van der Waals surface area contributed by atoms with Gasteiger partial charge < -0.3 is 9.84 Å². The summed E-state index contributed by atoms with van der Waals surface area (Å²) in [7, 11) is 0. The topological polar surface area (TPSA) is 76.3 Å². The summed E-state index contributed by atoms with van der Waals surface area (Å²) in [5, 5.41) is 22.6. The number of aliphatic hydroxyl groups excluding tert-OH is 1. The first kappa shape index (κ1) is 15.4. The van der Waals surface area contributed by atoms with Crippen LogP contribution in [-0.4, -0.2) is 74.9 Å². The van der Waals surface area contributed by atoms with E-state index in [2.05, 4.69) is 20.4 Å². The Labute approximate surface area is 133 Å². The number of para-hydroxylation sites is 1. The second-order valence-electron chi connectivity index (χ2n) is 5.09. The summed E-state index contributed by atoms with van der Waals surface area (Å²) in [6, 6.07) is 9.74. The SMILES string of the molecule is O[C@H](CSc1nnnn1-c1ccccc1)CN1CCOCC1. The van der Waals surface area contributed by atoms with Gasteiger partial charge in [0.1, 0.15) is 0 Å². The van der Waals surface area contributed by atoms with E-state index in [1.807, 2.05) is 30.3 Å². The summed E-state index contributed by atoms with van der Waals surface area (Å²) < 4.78 is 6.99. The lowest BCUT2D eigenvalue weighted by atomic mass is 10.3. The van der Waals surface area contributed by atoms with Gasteiger partial charge in [-0.3, -0.25) is 4.90 Å². The third-order valence-corrected chi connectivity index (χ3v) is 4.48. The molecule has 1 fully saturated rings. The van der Waals surface area contributed by atoms with Gasteiger partial charge in [0.25, 0.3) is 0 Å². The molecule has 3 rings (SSSR count). The van der Waals surface area contributed by atoms with Crippen LogP contribution in [0.15, 0.2) is 35.5 Å². The van der Waals surface area contributed by atoms with Gasteiger partial charge in [-0.15, -0.1) is 5.10 Å². The summed E-state index contributed by atoms with van der Waals surface area (Å²) in [5.74, 6) is 0.560. The number of aromatic nitrogens is 4. The molecule has 1 aromatic heterocycles. The van der Waals surface area contributed by atoms with Gasteiger partial charge in [0, 0.05) is 25.4 Å². The molecule has 1 aromatic carbocycles. The number of morpholine rings is 1. The van der Waals surface area contributed by atoms with Crippen molar-refractivity contribution in [2.24, 2.45) is 0 Å². The molecule has 0 saturated carbocycles. The molecule has 7 nitrogen and oxygen atoms in total. The fourth-order valence-corrected chi connectivity index (χ4v) is 3.11. The lowest BCUT2D eigenvalue weighted by Crippen LogP contribution is -2.41. The van der Waals surface area contributed by atoms with Gasteiger partial charge in [-0.25, -0.2) is 0 Å². The van der Waals surface area contributed by atoms with Crippen LogP contribution >= 0.6 is 11.8 Å². The van der Waals surface area contributed by atoms with E-state index in [1.165, 1.54) is 11.8 Å². The number of thioether (sulfide) groups is 1. The third-order valence-electron chi connectivity index (χ3n) is 3.42. The zero-order valence-corrected chi connectivity index (χ0v) is 13.0. The smallest absolute Gasteiger partial charge is 0.214 e. The van der Waals surface area contributed by atoms with E-state index in [1.54, 1.807) is 4.68 Å². The van der Waals surface area contributed by atoms with Crippen molar-refractivity contribution in [1.29, 1.82) is 0 Å². The monoisotopic (exact) mass is 321 g/mol. The summed E-state index contributed by atoms with van der Waals surface area (Å²) in [5.41, 5.74) is 0.915. The van der Waals surface area contributed by atoms with Crippen LogP contribution in [0.4, 0.5) is 0 Å². The molecule has 118 valence electrons. The molecule has 1 atom stereocenters. The molecule has 0 amide bonds. The maximum Gasteiger partial charge on any atom is 0.214 e. The number of nitrogens with zero attached hydrogens (tertiary/aromatic N) is 5. The fourth-order valence-electron chi connectivity index (χ4n) is 2.31. The van der Waals surface area contributed by atoms with Crippen molar-refractivity contribution in [2.45, 2.75) is 11.3 Å². The maximum atomic E-state index is 10.2. The number of aliphatic hydroxyl groups is 1. The van der Waals surface area contributed by atoms with Crippen LogP contribution < -0.4 is 0 Å². The second-order valence-corrected chi connectivity index (χ2v) is 6.07. The minimum Gasteiger partial charge on any atom is -0.391 e. The Morgan fingerprint density at radius 3 is 2.77 bits per heavy atom. The van der Waals surface area contributed by atoms with Crippen molar-refractivity contribution in [2.75, 3.05) is 38.6 Å². The standard InChI is InChI=1S/C14H19N5O2S/c20-13(10-18-6-8-21-9-7-18)11-22-14-15-16-17-19(14)12-4-2-1-3-5-12/h1-5,13,20H,6-11H2/t13-/m0/s1. The average molecular weight is 321 g/mol. The number of ether oxygens (including phenoxy) is 1. The first-order valence-corrected chi connectivity index (χ1v) is 8.26. The number of hydrogen-bond donors (Lipinski definition) is 1. The molecule has 2 aromatic rings. The average Bonchev–Trinajstić information content (AvgIpc) is 3.03. The molecule has 1 aliphatic rings. The van der Waals surface area contributed by atoms with Gasteiger partial charge in [-0.1, -0.05) is 30.0 Å². The molecule has 1 saturated heterocycles. The summed E-state index contributed by atoms with van der Waals surface area (Å²) in [4.78, 5) is 2.22. The minimum atomic E-state index is -0.413. The van der Waals surface area contributed by atoms with E-state index in [0.29, 0.717) is 17.5 Å². The highest BCUT2D eigenvalue weighted by molar-refractivity contribution is 7.99. The molecule has 22 heavy (non-hydrogen) atoms. The fraction of sp³-hybridized carbons (Fsp3) is 0.500. The van der Waals surface area contributed by atoms with Crippen LogP contribution in [-0.2, 0) is 4.74 Å². The highest BCUT2D eigenvalue weighted by atomic mass is 32.2. The van der Waals surface area contributed by atoms with E-state index >= 15 is 0 Å². The third kappa shape index (κ3) is 4.04. The van der Waals surface area contributed by atoms with Gasteiger partial charge in [-0.2, -0.15) is 4.68 Å². The second kappa shape index (κ2) is 7.68. The zero-order chi connectivity index (χ0) is 15.2. The molecule has 0 radical (unpaired) electrons. The van der Waals surface area contributed by atoms with Gasteiger partial charge in [0.15, 0.2) is 0 Å². The molecule has 0 bridgehead atoms. The normalized spacial score (nSPS) is 17.5. The summed E-state index contributed by atoms with van der Waals surface area (Å²) >= 11 is 1.46. The molecular formula is C14H19N5O2S. The highest BCUT2D eigenvalue weighted by Gasteiger charge is 2.16. The van der Waals surface area contributed by atoms with Crippen LogP contribution in [0.2, 0.25) is 0 Å². The lowest BCUT2D eigenvalue weighted by molar-refractivity contribution is 0.0188. The van der Waals surface area contributed by atoms with E-state index in [9.17, 15) is 5.11 Å². The molecule has 0 aliphatic carbocycles. The molecular weight excluding hydrogens is 302 g/mol. The number of tetrazole rings is 1. The van der Waals surface area contributed by atoms with E-state index in [-0.39, 0.29) is 0 Å². The molecule has 1 aliphatic heterocycles. The first-order valence-electron chi connectivity index (χ1n) is 7.28. The predicted molar refractivity (Wildman–Crippen MR) is 83.1 cm³/mol. The zero-order valence-electron chi connectivity index (χ0n) is 12.2. The van der Waals surface area contributed by atoms with Crippen LogP contribution in [0.3, 0.4) is 0 Å². The highest BCUT2D eigenvalue weighted by Crippen LogP contribution is 2.19. The minimum absolute atomic E-state index is 0.413. The predicted octanol–water partition coefficient (Wildman–Crippen LogP) is 0.447. The van der Waals surface area contributed by atoms with Crippen LogP contribution in [0.1, 0.15) is 0 Å². The maximum absolute atomic E-state index is 10.2. The van der Waals surface area contributed by atoms with Crippen molar-refractivity contribution in [3.8, 4) is 5.69 Å². The quantitative estimate of drug-likeness (QED) is 0.774. The Kier molecular flexibility index (Phi) is 5.38. The van der Waals surface area contributed by atoms with Crippen molar-refractivity contribution in [3.05, 3.63) is 30.3 Å². The molecule has 0 unspecified atom stereocenters. The van der Waals surface area contributed by atoms with Gasteiger partial charge >= 0.3 is 0 Å². The molecule has 8 heteroatoms. The number of hydrogen-bond acceptors (Lipinski definition) is 7. The Hall–Kier alpha value is -1.48. The van der Waals surface area contributed by atoms with E-state index in [4.69, 9.17) is 4.74 Å². The lowest BCUT2D eigenvalue weighted by Gasteiger charge is -2.28. The Morgan fingerprint density at radius 2 is 2.00 bits per heavy atom. The molecule has 1 N–H and O–H groups in total. The number of benzene rings is 1. The molecule has 2 heterocycles. The first-order chi connectivity index (χ1) is 10.8. The largest absolute Gasteiger partial charge is 0.391 e. The van der Waals surface area contributed by atoms with Crippen LogP contribution in [0.5, 0.6) is 0 Å². The van der Waals surface area contributed by atoms with Gasteiger partial charge in [-0.05, 0) is 22.6 Å². The van der Waals surface area contributed by atoms with Crippen LogP contribution in [0, 0.1) is 0 Å². The van der Waals surface area contributed by atoms with E-state index < -0.39 is 6.10 Å². The van der Waals surface area contributed by atoms with Gasteiger partial charge in [0.05, 0.1) is 25.0 Å². The summed E-state index contributed by atoms with van der Waals surface area (Å²) in [6.07, 6.45) is -0.413. The van der Waals surface area contributed by atoms with Crippen molar-refractivity contribution >= 4 is 11.8 Å². The Balaban J connectivity index is 1.54. The van der Waals surface area contributed by atoms with E-state index in [0.717, 1.165) is 32.0 Å². The Bertz CT molecular complexity index is 574. The summed E-state index contributed by atoms with van der Waals surface area (Å²) in [6.45, 7) is 3.90. The Morgan fingerprint density at radius 1 is 1.23 bits per heavy atom. The molecule has 0 spiro atoms. The van der Waals surface area contributed by atoms with Gasteiger partial charge in [0.2, 0.25) is 5.16 Å². The number of rotatable bonds is 6. The van der Waals surface area contributed by atoms with Crippen molar-refractivity contribution in [3.63, 3.8) is 0 Å². The number of β-amino-alcohol motifs (C(OH)–C–C–N with tert-alkyl or cyclic N) is 1. The van der Waals surface area contributed by atoms with Crippen LogP contribution in [0.25, 0.3) is 5.69 Å².